The fourth-order valence-electron chi connectivity index (χ4n) is 1.20. The maximum absolute atomic E-state index is 5.13. The van der Waals surface area contributed by atoms with Crippen LogP contribution in [0, 0.1) is 12.3 Å². The number of nitrogens with zero attached hydrogens (tertiary/aromatic N) is 1. The molecule has 0 unspecified atom stereocenters. The van der Waals surface area contributed by atoms with Gasteiger partial charge < -0.3 is 10.2 Å². The van der Waals surface area contributed by atoms with E-state index in [4.69, 9.17) is 6.42 Å². The summed E-state index contributed by atoms with van der Waals surface area (Å²) in [5.41, 5.74) is 1.38. The Morgan fingerprint density at radius 1 is 1.64 bits per heavy atom. The molecule has 3 heteroatoms. The van der Waals surface area contributed by atoms with E-state index in [0.29, 0.717) is 6.54 Å². The molecule has 0 aliphatic carbocycles. The molecule has 0 atom stereocenters. The molecule has 1 aromatic heterocycles. The molecule has 0 aliphatic heterocycles. The van der Waals surface area contributed by atoms with Gasteiger partial charge in [0.2, 0.25) is 0 Å². The Kier molecular flexibility index (Phi) is 5.31. The topological polar surface area (TPSA) is 15.3 Å². The summed E-state index contributed by atoms with van der Waals surface area (Å²) in [7, 11) is 2.12. The van der Waals surface area contributed by atoms with Crippen molar-refractivity contribution in [1.29, 1.82) is 0 Å². The average Bonchev–Trinajstić information content (AvgIpc) is 2.65. The van der Waals surface area contributed by atoms with Gasteiger partial charge in [0.1, 0.15) is 0 Å². The molecule has 14 heavy (non-hydrogen) atoms. The number of hydrogen-bond acceptors (Lipinski definition) is 3. The summed E-state index contributed by atoms with van der Waals surface area (Å²) in [5.74, 6) is 2.56. The summed E-state index contributed by atoms with van der Waals surface area (Å²) in [6.07, 6.45) is 5.13. The van der Waals surface area contributed by atoms with E-state index < -0.39 is 0 Å². The van der Waals surface area contributed by atoms with Gasteiger partial charge in [0.25, 0.3) is 0 Å². The molecule has 0 fully saturated rings. The Balaban J connectivity index is 2.11. The van der Waals surface area contributed by atoms with E-state index in [2.05, 4.69) is 40.0 Å². The number of likely N-dealkylation sites (N-methyl/N-ethyl adjacent to an activating group) is 1. The first-order chi connectivity index (χ1) is 6.83. The van der Waals surface area contributed by atoms with Crippen LogP contribution in [0.4, 0.5) is 0 Å². The highest BCUT2D eigenvalue weighted by Gasteiger charge is 1.99. The van der Waals surface area contributed by atoms with Gasteiger partial charge >= 0.3 is 0 Å². The highest BCUT2D eigenvalue weighted by atomic mass is 32.1. The molecule has 0 amide bonds. The fraction of sp³-hybridized carbons (Fsp3) is 0.455. The molecule has 2 nitrogen and oxygen atoms in total. The van der Waals surface area contributed by atoms with Crippen molar-refractivity contribution < 1.29 is 0 Å². The van der Waals surface area contributed by atoms with Crippen molar-refractivity contribution in [3.63, 3.8) is 0 Å². The predicted octanol–water partition coefficient (Wildman–Crippen LogP) is 1.40. The van der Waals surface area contributed by atoms with E-state index in [-0.39, 0.29) is 0 Å². The summed E-state index contributed by atoms with van der Waals surface area (Å²) >= 11 is 1.74. The van der Waals surface area contributed by atoms with Crippen LogP contribution < -0.4 is 5.32 Å². The molecule has 1 N–H and O–H groups in total. The zero-order valence-electron chi connectivity index (χ0n) is 8.49. The van der Waals surface area contributed by atoms with Crippen LogP contribution in [0.1, 0.15) is 5.56 Å². The van der Waals surface area contributed by atoms with Crippen molar-refractivity contribution in [3.8, 4) is 12.3 Å². The van der Waals surface area contributed by atoms with Crippen LogP contribution in [0.2, 0.25) is 0 Å². The number of nitrogens with one attached hydrogen (secondary N) is 1. The third-order valence-electron chi connectivity index (χ3n) is 1.93. The molecular formula is C11H16N2S. The van der Waals surface area contributed by atoms with Gasteiger partial charge in [0.15, 0.2) is 0 Å². The summed E-state index contributed by atoms with van der Waals surface area (Å²) in [5, 5.41) is 7.47. The third-order valence-corrected chi connectivity index (χ3v) is 2.66. The fourth-order valence-corrected chi connectivity index (χ4v) is 1.86. The molecule has 0 aromatic carbocycles. The van der Waals surface area contributed by atoms with Crippen LogP contribution in [0.5, 0.6) is 0 Å². The zero-order chi connectivity index (χ0) is 10.2. The maximum Gasteiger partial charge on any atom is 0.0574 e. The quantitative estimate of drug-likeness (QED) is 0.561. The highest BCUT2D eigenvalue weighted by molar-refractivity contribution is 7.07. The normalized spacial score (nSPS) is 10.4. The molecule has 1 rings (SSSR count). The van der Waals surface area contributed by atoms with Crippen molar-refractivity contribution in [2.24, 2.45) is 0 Å². The first kappa shape index (κ1) is 11.3. The largest absolute Gasteiger partial charge is 0.305 e. The van der Waals surface area contributed by atoms with Gasteiger partial charge in [-0.1, -0.05) is 5.92 Å². The van der Waals surface area contributed by atoms with Crippen LogP contribution in [-0.4, -0.2) is 31.6 Å². The molecule has 0 bridgehead atoms. The predicted molar refractivity (Wildman–Crippen MR) is 62.4 cm³/mol. The van der Waals surface area contributed by atoms with Gasteiger partial charge in [-0.3, -0.25) is 0 Å². The minimum absolute atomic E-state index is 0.659. The van der Waals surface area contributed by atoms with Crippen molar-refractivity contribution in [1.82, 2.24) is 10.2 Å². The molecule has 1 aromatic rings. The highest BCUT2D eigenvalue weighted by Crippen LogP contribution is 2.07. The summed E-state index contributed by atoms with van der Waals surface area (Å²) in [4.78, 5) is 2.28. The standard InChI is InChI=1S/C11H16N2S/c1-3-5-12-6-7-13(2)9-11-4-8-14-10-11/h1,4,8,10,12H,5-7,9H2,2H3. The Morgan fingerprint density at radius 2 is 2.50 bits per heavy atom. The number of terminal acetylenes is 1. The lowest BCUT2D eigenvalue weighted by Gasteiger charge is -2.15. The Labute approximate surface area is 89.9 Å². The lowest BCUT2D eigenvalue weighted by molar-refractivity contribution is 0.327. The van der Waals surface area contributed by atoms with Crippen molar-refractivity contribution in [3.05, 3.63) is 22.4 Å². The molecule has 1 heterocycles. The first-order valence-corrected chi connectivity index (χ1v) is 5.61. The van der Waals surface area contributed by atoms with Crippen LogP contribution in [0.25, 0.3) is 0 Å². The van der Waals surface area contributed by atoms with E-state index in [1.165, 1.54) is 5.56 Å². The average molecular weight is 208 g/mol. The Bertz CT molecular complexity index is 274. The molecular weight excluding hydrogens is 192 g/mol. The number of rotatable bonds is 6. The van der Waals surface area contributed by atoms with E-state index in [0.717, 1.165) is 19.6 Å². The smallest absolute Gasteiger partial charge is 0.0574 e. The lowest BCUT2D eigenvalue weighted by Crippen LogP contribution is -2.28. The third kappa shape index (κ3) is 4.43. The first-order valence-electron chi connectivity index (χ1n) is 4.66. The molecule has 0 aliphatic rings. The maximum atomic E-state index is 5.13. The second-order valence-electron chi connectivity index (χ2n) is 3.25. The van der Waals surface area contributed by atoms with Gasteiger partial charge in [0.05, 0.1) is 6.54 Å². The zero-order valence-corrected chi connectivity index (χ0v) is 9.31. The Hall–Kier alpha value is -0.820. The van der Waals surface area contributed by atoms with Crippen LogP contribution in [-0.2, 0) is 6.54 Å². The number of thiophene rings is 1. The lowest BCUT2D eigenvalue weighted by atomic mass is 10.3. The monoisotopic (exact) mass is 208 g/mol. The van der Waals surface area contributed by atoms with E-state index in [1.54, 1.807) is 11.3 Å². The Morgan fingerprint density at radius 3 is 3.14 bits per heavy atom. The minimum Gasteiger partial charge on any atom is -0.305 e. The summed E-state index contributed by atoms with van der Waals surface area (Å²) in [6.45, 7) is 3.65. The van der Waals surface area contributed by atoms with Gasteiger partial charge in [-0.2, -0.15) is 11.3 Å². The summed E-state index contributed by atoms with van der Waals surface area (Å²) < 4.78 is 0. The van der Waals surface area contributed by atoms with Crippen LogP contribution >= 0.6 is 11.3 Å². The van der Waals surface area contributed by atoms with E-state index in [9.17, 15) is 0 Å². The van der Waals surface area contributed by atoms with Gasteiger partial charge in [-0.25, -0.2) is 0 Å². The molecule has 76 valence electrons. The molecule has 0 spiro atoms. The van der Waals surface area contributed by atoms with Gasteiger partial charge in [-0.15, -0.1) is 6.42 Å². The van der Waals surface area contributed by atoms with Crippen LogP contribution in [0.15, 0.2) is 16.8 Å². The van der Waals surface area contributed by atoms with Crippen molar-refractivity contribution in [2.45, 2.75) is 6.54 Å². The number of hydrogen-bond donors (Lipinski definition) is 1. The SMILES string of the molecule is C#CCNCCN(C)Cc1ccsc1. The summed E-state index contributed by atoms with van der Waals surface area (Å²) in [6, 6.07) is 2.16. The second kappa shape index (κ2) is 6.61. The van der Waals surface area contributed by atoms with E-state index >= 15 is 0 Å². The molecule has 0 saturated carbocycles. The van der Waals surface area contributed by atoms with E-state index in [1.807, 2.05) is 0 Å². The van der Waals surface area contributed by atoms with Crippen LogP contribution in [0.3, 0.4) is 0 Å². The second-order valence-corrected chi connectivity index (χ2v) is 4.03. The van der Waals surface area contributed by atoms with Gasteiger partial charge in [0, 0.05) is 19.6 Å². The minimum atomic E-state index is 0.659. The van der Waals surface area contributed by atoms with Crippen molar-refractivity contribution >= 4 is 11.3 Å². The molecule has 0 radical (unpaired) electrons. The molecule has 0 saturated heterocycles. The van der Waals surface area contributed by atoms with Crippen molar-refractivity contribution in [2.75, 3.05) is 26.7 Å². The van der Waals surface area contributed by atoms with Gasteiger partial charge in [-0.05, 0) is 29.4 Å².